The molecule has 1 heterocycles. The normalized spacial score (nSPS) is 15.3. The first-order chi connectivity index (χ1) is 13.2. The molecule has 0 radical (unpaired) electrons. The Kier molecular flexibility index (Phi) is 5.73. The number of carboxylic acids is 1. The molecule has 2 aromatic carbocycles. The van der Waals surface area contributed by atoms with Crippen molar-refractivity contribution >= 4 is 23.3 Å². The van der Waals surface area contributed by atoms with Crippen molar-refractivity contribution in [3.8, 4) is 0 Å². The molecule has 1 saturated heterocycles. The number of hydrogen-bond acceptors (Lipinski definition) is 3. The van der Waals surface area contributed by atoms with Crippen LogP contribution in [0, 0.1) is 5.92 Å². The Morgan fingerprint density at radius 1 is 1.04 bits per heavy atom. The molecule has 0 bridgehead atoms. The van der Waals surface area contributed by atoms with Crippen LogP contribution in [0.15, 0.2) is 48.5 Å². The fourth-order valence-electron chi connectivity index (χ4n) is 3.47. The molecule has 0 atom stereocenters. The lowest BCUT2D eigenvalue weighted by molar-refractivity contribution is -0.142. The van der Waals surface area contributed by atoms with Gasteiger partial charge in [-0.2, -0.15) is 0 Å². The van der Waals surface area contributed by atoms with Gasteiger partial charge in [0.15, 0.2) is 0 Å². The predicted octanol–water partition coefficient (Wildman–Crippen LogP) is 4.54. The minimum Gasteiger partial charge on any atom is -0.481 e. The standard InChI is InChI=1S/C23H28N2O3/c1-23(2,3)18-5-4-6-19(15-18)24-21(26)16-7-9-20(10-8-16)25-13-11-17(12-14-25)22(27)28/h4-10,15,17H,11-14H2,1-3H3,(H,24,26)(H,27,28). The molecule has 0 saturated carbocycles. The Bertz CT molecular complexity index is 845. The van der Waals surface area contributed by atoms with Gasteiger partial charge < -0.3 is 15.3 Å². The minimum absolute atomic E-state index is 0.0243. The number of aliphatic carboxylic acids is 1. The average Bonchev–Trinajstić information content (AvgIpc) is 2.68. The van der Waals surface area contributed by atoms with Crippen LogP contribution < -0.4 is 10.2 Å². The van der Waals surface area contributed by atoms with Crippen molar-refractivity contribution in [1.82, 2.24) is 0 Å². The maximum Gasteiger partial charge on any atom is 0.306 e. The molecule has 1 fully saturated rings. The van der Waals surface area contributed by atoms with Crippen LogP contribution in [0.1, 0.15) is 49.5 Å². The van der Waals surface area contributed by atoms with Crippen LogP contribution in [0.25, 0.3) is 0 Å². The third kappa shape index (κ3) is 4.71. The van der Waals surface area contributed by atoms with Crippen LogP contribution in [0.3, 0.4) is 0 Å². The number of benzene rings is 2. The summed E-state index contributed by atoms with van der Waals surface area (Å²) in [5.74, 6) is -1.09. The molecule has 1 amide bonds. The number of amides is 1. The Hall–Kier alpha value is -2.82. The second kappa shape index (κ2) is 8.05. The average molecular weight is 380 g/mol. The van der Waals surface area contributed by atoms with Gasteiger partial charge in [0.25, 0.3) is 5.91 Å². The highest BCUT2D eigenvalue weighted by Gasteiger charge is 2.24. The van der Waals surface area contributed by atoms with Gasteiger partial charge in [-0.15, -0.1) is 0 Å². The summed E-state index contributed by atoms with van der Waals surface area (Å²) in [5, 5.41) is 12.1. The Labute approximate surface area is 166 Å². The number of carbonyl (C=O) groups is 2. The fourth-order valence-corrected chi connectivity index (χ4v) is 3.47. The van der Waals surface area contributed by atoms with Gasteiger partial charge in [-0.25, -0.2) is 0 Å². The van der Waals surface area contributed by atoms with Gasteiger partial charge >= 0.3 is 5.97 Å². The highest BCUT2D eigenvalue weighted by molar-refractivity contribution is 6.04. The Balaban J connectivity index is 1.64. The number of nitrogens with zero attached hydrogens (tertiary/aromatic N) is 1. The van der Waals surface area contributed by atoms with Crippen LogP contribution in [-0.4, -0.2) is 30.1 Å². The zero-order chi connectivity index (χ0) is 20.3. The number of carbonyl (C=O) groups excluding carboxylic acids is 1. The molecule has 0 aromatic heterocycles. The van der Waals surface area contributed by atoms with E-state index in [2.05, 4.69) is 37.1 Å². The Morgan fingerprint density at radius 2 is 1.68 bits per heavy atom. The van der Waals surface area contributed by atoms with Crippen LogP contribution in [0.2, 0.25) is 0 Å². The largest absolute Gasteiger partial charge is 0.481 e. The molecule has 5 heteroatoms. The van der Waals surface area contributed by atoms with Gasteiger partial charge in [0, 0.05) is 30.0 Å². The van der Waals surface area contributed by atoms with Gasteiger partial charge in [-0.3, -0.25) is 9.59 Å². The van der Waals surface area contributed by atoms with Crippen molar-refractivity contribution < 1.29 is 14.7 Å². The van der Waals surface area contributed by atoms with E-state index >= 15 is 0 Å². The van der Waals surface area contributed by atoms with Crippen molar-refractivity contribution in [3.05, 3.63) is 59.7 Å². The Morgan fingerprint density at radius 3 is 2.25 bits per heavy atom. The second-order valence-electron chi connectivity index (χ2n) is 8.43. The van der Waals surface area contributed by atoms with E-state index in [-0.39, 0.29) is 17.2 Å². The van der Waals surface area contributed by atoms with Gasteiger partial charge in [0.1, 0.15) is 0 Å². The summed E-state index contributed by atoms with van der Waals surface area (Å²) in [5.41, 5.74) is 3.61. The van der Waals surface area contributed by atoms with E-state index < -0.39 is 5.97 Å². The second-order valence-corrected chi connectivity index (χ2v) is 8.43. The topological polar surface area (TPSA) is 69.6 Å². The van der Waals surface area contributed by atoms with Crippen LogP contribution >= 0.6 is 0 Å². The lowest BCUT2D eigenvalue weighted by Crippen LogP contribution is -2.36. The molecule has 1 aliphatic heterocycles. The molecule has 148 valence electrons. The van der Waals surface area contributed by atoms with E-state index in [9.17, 15) is 9.59 Å². The van der Waals surface area contributed by atoms with Gasteiger partial charge in [0.2, 0.25) is 0 Å². The summed E-state index contributed by atoms with van der Waals surface area (Å²) in [7, 11) is 0. The number of anilines is 2. The first-order valence-electron chi connectivity index (χ1n) is 9.74. The molecular weight excluding hydrogens is 352 g/mol. The zero-order valence-electron chi connectivity index (χ0n) is 16.7. The van der Waals surface area contributed by atoms with Crippen molar-refractivity contribution in [1.29, 1.82) is 0 Å². The van der Waals surface area contributed by atoms with E-state index in [0.717, 1.165) is 24.5 Å². The maximum atomic E-state index is 12.6. The van der Waals surface area contributed by atoms with Crippen molar-refractivity contribution in [2.75, 3.05) is 23.3 Å². The molecule has 0 aliphatic carbocycles. The molecule has 5 nitrogen and oxygen atoms in total. The van der Waals surface area contributed by atoms with Gasteiger partial charge in [-0.1, -0.05) is 32.9 Å². The number of carboxylic acid groups (broad SMARTS) is 1. The van der Waals surface area contributed by atoms with Crippen molar-refractivity contribution in [2.45, 2.75) is 39.0 Å². The molecule has 0 spiro atoms. The summed E-state index contributed by atoms with van der Waals surface area (Å²) >= 11 is 0. The SMILES string of the molecule is CC(C)(C)c1cccc(NC(=O)c2ccc(N3CCC(C(=O)O)CC3)cc2)c1. The molecule has 3 rings (SSSR count). The number of piperidine rings is 1. The lowest BCUT2D eigenvalue weighted by Gasteiger charge is -2.32. The molecule has 28 heavy (non-hydrogen) atoms. The highest BCUT2D eigenvalue weighted by Crippen LogP contribution is 2.26. The van der Waals surface area contributed by atoms with E-state index in [1.54, 1.807) is 0 Å². The zero-order valence-corrected chi connectivity index (χ0v) is 16.7. The maximum absolute atomic E-state index is 12.6. The first kappa shape index (κ1) is 19.9. The van der Waals surface area contributed by atoms with E-state index in [1.165, 1.54) is 5.56 Å². The minimum atomic E-state index is -0.706. The molecule has 1 aliphatic rings. The summed E-state index contributed by atoms with van der Waals surface area (Å²) in [4.78, 5) is 25.8. The third-order valence-corrected chi connectivity index (χ3v) is 5.33. The summed E-state index contributed by atoms with van der Waals surface area (Å²) < 4.78 is 0. The molecule has 2 aromatic rings. The predicted molar refractivity (Wildman–Crippen MR) is 112 cm³/mol. The monoisotopic (exact) mass is 380 g/mol. The first-order valence-corrected chi connectivity index (χ1v) is 9.74. The number of hydrogen-bond donors (Lipinski definition) is 2. The summed E-state index contributed by atoms with van der Waals surface area (Å²) in [6.07, 6.45) is 1.31. The van der Waals surface area contributed by atoms with E-state index in [1.807, 2.05) is 42.5 Å². The summed E-state index contributed by atoms with van der Waals surface area (Å²) in [6.45, 7) is 7.88. The smallest absolute Gasteiger partial charge is 0.306 e. The number of nitrogens with one attached hydrogen (secondary N) is 1. The van der Waals surface area contributed by atoms with Crippen LogP contribution in [0.4, 0.5) is 11.4 Å². The van der Waals surface area contributed by atoms with Gasteiger partial charge in [0.05, 0.1) is 5.92 Å². The van der Waals surface area contributed by atoms with Crippen molar-refractivity contribution in [3.63, 3.8) is 0 Å². The van der Waals surface area contributed by atoms with Crippen molar-refractivity contribution in [2.24, 2.45) is 5.92 Å². The highest BCUT2D eigenvalue weighted by atomic mass is 16.4. The third-order valence-electron chi connectivity index (χ3n) is 5.33. The molecular formula is C23H28N2O3. The quantitative estimate of drug-likeness (QED) is 0.817. The van der Waals surface area contributed by atoms with E-state index in [0.29, 0.717) is 18.4 Å². The van der Waals surface area contributed by atoms with Gasteiger partial charge in [-0.05, 0) is 60.2 Å². The number of rotatable bonds is 4. The fraction of sp³-hybridized carbons (Fsp3) is 0.391. The van der Waals surface area contributed by atoms with Crippen LogP contribution in [0.5, 0.6) is 0 Å². The van der Waals surface area contributed by atoms with E-state index in [4.69, 9.17) is 5.11 Å². The van der Waals surface area contributed by atoms with Crippen LogP contribution in [-0.2, 0) is 10.2 Å². The molecule has 2 N–H and O–H groups in total. The lowest BCUT2D eigenvalue weighted by atomic mass is 9.87. The molecule has 0 unspecified atom stereocenters. The summed E-state index contributed by atoms with van der Waals surface area (Å²) in [6, 6.07) is 15.4.